The second-order valence-corrected chi connectivity index (χ2v) is 12.3. The third kappa shape index (κ3) is 4.17. The van der Waals surface area contributed by atoms with Crippen LogP contribution in [0.15, 0.2) is 36.5 Å². The molecule has 1 spiro atoms. The first kappa shape index (κ1) is 23.4. The van der Waals surface area contributed by atoms with Gasteiger partial charge >= 0.3 is 0 Å². The quantitative estimate of drug-likeness (QED) is 0.528. The Labute approximate surface area is 213 Å². The Kier molecular flexibility index (Phi) is 5.21. The van der Waals surface area contributed by atoms with Gasteiger partial charge in [0, 0.05) is 18.9 Å². The van der Waals surface area contributed by atoms with Crippen LogP contribution < -0.4 is 10.6 Å². The highest BCUT2D eigenvalue weighted by atomic mass is 32.2. The van der Waals surface area contributed by atoms with Gasteiger partial charge in [-0.15, -0.1) is 0 Å². The van der Waals surface area contributed by atoms with Gasteiger partial charge in [0.15, 0.2) is 21.5 Å². The molecule has 1 saturated carbocycles. The lowest BCUT2D eigenvalue weighted by atomic mass is 9.82. The molecule has 1 fully saturated rings. The predicted molar refractivity (Wildman–Crippen MR) is 134 cm³/mol. The average molecular weight is 517 g/mol. The van der Waals surface area contributed by atoms with Gasteiger partial charge in [0.25, 0.3) is 5.91 Å². The third-order valence-electron chi connectivity index (χ3n) is 7.27. The van der Waals surface area contributed by atoms with Gasteiger partial charge in [0.05, 0.1) is 16.8 Å². The Bertz CT molecular complexity index is 1620. The summed E-state index contributed by atoms with van der Waals surface area (Å²) >= 11 is 0. The van der Waals surface area contributed by atoms with E-state index in [2.05, 4.69) is 38.9 Å². The number of hydrogen-bond donors (Lipinski definition) is 2. The summed E-state index contributed by atoms with van der Waals surface area (Å²) in [5.41, 5.74) is 4.09. The van der Waals surface area contributed by atoms with E-state index in [-0.39, 0.29) is 17.2 Å². The molecule has 2 aliphatic carbocycles. The van der Waals surface area contributed by atoms with E-state index in [1.807, 2.05) is 6.07 Å². The van der Waals surface area contributed by atoms with Crippen LogP contribution >= 0.6 is 0 Å². The van der Waals surface area contributed by atoms with E-state index in [4.69, 9.17) is 5.26 Å². The number of hydrogen-bond acceptors (Lipinski definition) is 7. The van der Waals surface area contributed by atoms with Crippen LogP contribution in [-0.4, -0.2) is 47.0 Å². The number of fused-ring (bicyclic) bond motifs is 3. The van der Waals surface area contributed by atoms with Crippen molar-refractivity contribution in [2.45, 2.75) is 43.6 Å². The van der Waals surface area contributed by atoms with Gasteiger partial charge in [-0.2, -0.15) is 15.0 Å². The van der Waals surface area contributed by atoms with E-state index in [9.17, 15) is 18.0 Å². The number of pyridine rings is 1. The first-order valence-electron chi connectivity index (χ1n) is 12.1. The van der Waals surface area contributed by atoms with Gasteiger partial charge in [0.1, 0.15) is 17.4 Å². The van der Waals surface area contributed by atoms with E-state index in [0.717, 1.165) is 24.7 Å². The normalized spacial score (nSPS) is 20.2. The second kappa shape index (κ2) is 8.24. The van der Waals surface area contributed by atoms with Crippen molar-refractivity contribution >= 4 is 27.5 Å². The molecule has 1 aromatic carbocycles. The van der Waals surface area contributed by atoms with Gasteiger partial charge in [-0.05, 0) is 60.4 Å². The summed E-state index contributed by atoms with van der Waals surface area (Å²) in [4.78, 5) is 30.4. The zero-order valence-electron chi connectivity index (χ0n) is 20.1. The van der Waals surface area contributed by atoms with Crippen LogP contribution in [0.4, 0.5) is 5.82 Å². The van der Waals surface area contributed by atoms with Crippen LogP contribution in [0.5, 0.6) is 0 Å². The van der Waals surface area contributed by atoms with Crippen molar-refractivity contribution in [3.8, 4) is 11.9 Å². The lowest BCUT2D eigenvalue weighted by Crippen LogP contribution is -2.50. The van der Waals surface area contributed by atoms with Gasteiger partial charge in [-0.25, -0.2) is 13.4 Å². The van der Waals surface area contributed by atoms with E-state index < -0.39 is 32.9 Å². The average Bonchev–Trinajstić information content (AvgIpc) is 3.57. The van der Waals surface area contributed by atoms with Crippen molar-refractivity contribution in [2.24, 2.45) is 0 Å². The molecule has 3 heterocycles. The molecule has 1 atom stereocenters. The Morgan fingerprint density at radius 3 is 2.78 bits per heavy atom. The van der Waals surface area contributed by atoms with Crippen molar-refractivity contribution in [1.82, 2.24) is 20.1 Å². The van der Waals surface area contributed by atoms with Crippen LogP contribution in [0.1, 0.15) is 63.5 Å². The summed E-state index contributed by atoms with van der Waals surface area (Å²) in [5.74, 6) is -0.943. The molecule has 0 saturated heterocycles. The van der Waals surface area contributed by atoms with Crippen LogP contribution in [0.2, 0.25) is 0 Å². The molecule has 10 nitrogen and oxygen atoms in total. The van der Waals surface area contributed by atoms with Crippen LogP contribution in [0, 0.1) is 11.3 Å². The standard InChI is InChI=1S/C26H24N6O4S/c1-37(35,36)14-22(33)29-24-23-20(31-32(24)21-7-2-15(12-27)13-28-21)11-26(30-25(23)34)9-8-18-10-17(16-3-4-16)5-6-19(18)26/h2,5-7,10,13,16H,3-4,8-9,11,14H2,1H3,(H,29,33)(H,30,34)/t26-/m1/s1. The molecular weight excluding hydrogens is 492 g/mol. The lowest BCUT2D eigenvalue weighted by molar-refractivity contribution is -0.113. The number of amides is 2. The maximum absolute atomic E-state index is 13.6. The minimum Gasteiger partial charge on any atom is -0.342 e. The SMILES string of the molecule is CS(=O)(=O)CC(=O)Nc1c2c(nn1-c1ccc(C#N)cn1)C[C@@]1(CCc3cc(C4CC4)ccc31)NC2=O. The fourth-order valence-corrected chi connectivity index (χ4v) is 6.00. The summed E-state index contributed by atoms with van der Waals surface area (Å²) in [5, 5.41) is 19.6. The van der Waals surface area contributed by atoms with Crippen LogP contribution in [0.25, 0.3) is 5.82 Å². The number of nitriles is 1. The summed E-state index contributed by atoms with van der Waals surface area (Å²) in [7, 11) is -3.60. The first-order valence-corrected chi connectivity index (χ1v) is 14.1. The zero-order chi connectivity index (χ0) is 25.9. The maximum Gasteiger partial charge on any atom is 0.257 e. The highest BCUT2D eigenvalue weighted by molar-refractivity contribution is 7.91. The first-order chi connectivity index (χ1) is 17.7. The molecular formula is C26H24N6O4S. The minimum absolute atomic E-state index is 0.0514. The molecule has 2 aromatic heterocycles. The monoisotopic (exact) mass is 516 g/mol. The van der Waals surface area contributed by atoms with Crippen molar-refractivity contribution in [3.05, 3.63) is 70.0 Å². The number of carbonyl (C=O) groups excluding carboxylic acids is 2. The number of aromatic nitrogens is 3. The van der Waals surface area contributed by atoms with Crippen molar-refractivity contribution < 1.29 is 18.0 Å². The number of nitrogens with zero attached hydrogens (tertiary/aromatic N) is 4. The van der Waals surface area contributed by atoms with Gasteiger partial charge < -0.3 is 10.6 Å². The third-order valence-corrected chi connectivity index (χ3v) is 8.05. The minimum atomic E-state index is -3.60. The van der Waals surface area contributed by atoms with E-state index >= 15 is 0 Å². The smallest absolute Gasteiger partial charge is 0.257 e. The molecule has 1 aliphatic heterocycles. The number of sulfone groups is 1. The van der Waals surface area contributed by atoms with E-state index in [0.29, 0.717) is 23.6 Å². The topological polar surface area (TPSA) is 147 Å². The lowest BCUT2D eigenvalue weighted by Gasteiger charge is -2.35. The molecule has 0 bridgehead atoms. The van der Waals surface area contributed by atoms with Crippen molar-refractivity contribution in [3.63, 3.8) is 0 Å². The highest BCUT2D eigenvalue weighted by Gasteiger charge is 2.47. The molecule has 3 aliphatic rings. The van der Waals surface area contributed by atoms with Crippen LogP contribution in [-0.2, 0) is 33.0 Å². The van der Waals surface area contributed by atoms with Gasteiger partial charge in [0.2, 0.25) is 5.91 Å². The molecule has 37 heavy (non-hydrogen) atoms. The second-order valence-electron chi connectivity index (χ2n) is 10.1. The molecule has 2 N–H and O–H groups in total. The molecule has 2 amide bonds. The number of benzene rings is 1. The number of anilines is 1. The number of aryl methyl sites for hydroxylation is 1. The molecule has 188 valence electrons. The number of nitrogens with one attached hydrogen (secondary N) is 2. The molecule has 3 aromatic rings. The molecule has 0 radical (unpaired) electrons. The fraction of sp³-hybridized carbons (Fsp3) is 0.346. The van der Waals surface area contributed by atoms with E-state index in [1.165, 1.54) is 34.8 Å². The molecule has 11 heteroatoms. The zero-order valence-corrected chi connectivity index (χ0v) is 20.9. The largest absolute Gasteiger partial charge is 0.342 e. The number of rotatable bonds is 5. The van der Waals surface area contributed by atoms with Crippen molar-refractivity contribution in [2.75, 3.05) is 17.3 Å². The van der Waals surface area contributed by atoms with Crippen molar-refractivity contribution in [1.29, 1.82) is 5.26 Å². The Hall–Kier alpha value is -4.04. The van der Waals surface area contributed by atoms with Gasteiger partial charge in [-0.1, -0.05) is 18.2 Å². The Morgan fingerprint density at radius 2 is 2.11 bits per heavy atom. The van der Waals surface area contributed by atoms with Crippen LogP contribution in [0.3, 0.4) is 0 Å². The highest BCUT2D eigenvalue weighted by Crippen LogP contribution is 2.46. The molecule has 0 unspecified atom stereocenters. The summed E-state index contributed by atoms with van der Waals surface area (Å²) in [6.45, 7) is 0. The maximum atomic E-state index is 13.6. The summed E-state index contributed by atoms with van der Waals surface area (Å²) in [6.07, 6.45) is 6.77. The Morgan fingerprint density at radius 1 is 1.30 bits per heavy atom. The summed E-state index contributed by atoms with van der Waals surface area (Å²) < 4.78 is 24.7. The number of carbonyl (C=O) groups is 2. The Balaban J connectivity index is 1.42. The van der Waals surface area contributed by atoms with E-state index in [1.54, 1.807) is 12.1 Å². The summed E-state index contributed by atoms with van der Waals surface area (Å²) in [6, 6.07) is 11.6. The fourth-order valence-electron chi connectivity index (χ4n) is 5.45. The molecule has 6 rings (SSSR count). The van der Waals surface area contributed by atoms with Gasteiger partial charge in [-0.3, -0.25) is 9.59 Å². The predicted octanol–water partition coefficient (Wildman–Crippen LogP) is 2.13.